The fourth-order valence-corrected chi connectivity index (χ4v) is 3.64. The third-order valence-electron chi connectivity index (χ3n) is 5.17. The maximum Gasteiger partial charge on any atom is 0.223 e. The van der Waals surface area contributed by atoms with E-state index in [2.05, 4.69) is 9.88 Å². The fraction of sp³-hybridized carbons (Fsp3) is 0.765. The minimum Gasteiger partial charge on any atom is -0.346 e. The summed E-state index contributed by atoms with van der Waals surface area (Å²) in [5.41, 5.74) is 2.64. The number of aromatic amines is 1. The maximum absolute atomic E-state index is 12.0. The number of carbonyl (C=O) groups excluding carboxylic acids is 1. The number of amides is 1. The molecule has 3 rings (SSSR count). The number of aromatic nitrogens is 2. The van der Waals surface area contributed by atoms with E-state index in [-0.39, 0.29) is 5.91 Å². The highest BCUT2D eigenvalue weighted by molar-refractivity contribution is 5.75. The Balaban J connectivity index is 1.63. The molecule has 1 atom stereocenters. The van der Waals surface area contributed by atoms with Gasteiger partial charge < -0.3 is 9.88 Å². The normalized spacial score (nSPS) is 21.8. The summed E-state index contributed by atoms with van der Waals surface area (Å²) in [4.78, 5) is 24.7. The molecule has 1 aromatic heterocycles. The van der Waals surface area contributed by atoms with Crippen molar-refractivity contribution < 1.29 is 4.79 Å². The Labute approximate surface area is 133 Å². The fourth-order valence-electron chi connectivity index (χ4n) is 3.64. The van der Waals surface area contributed by atoms with E-state index < -0.39 is 0 Å². The number of likely N-dealkylation sites (tertiary alicyclic amines) is 1. The van der Waals surface area contributed by atoms with Crippen molar-refractivity contribution in [2.45, 2.75) is 57.9 Å². The molecular weight excluding hydrogens is 276 g/mol. The van der Waals surface area contributed by atoms with Crippen molar-refractivity contribution in [1.82, 2.24) is 19.8 Å². The van der Waals surface area contributed by atoms with Crippen molar-refractivity contribution in [2.24, 2.45) is 0 Å². The number of aryl methyl sites for hydroxylation is 2. The Hall–Kier alpha value is -1.36. The summed E-state index contributed by atoms with van der Waals surface area (Å²) in [6, 6.07) is 0.380. The van der Waals surface area contributed by atoms with Gasteiger partial charge in [-0.25, -0.2) is 4.98 Å². The molecule has 1 fully saturated rings. The predicted molar refractivity (Wildman–Crippen MR) is 86.7 cm³/mol. The summed E-state index contributed by atoms with van der Waals surface area (Å²) in [5.74, 6) is 1.38. The number of imidazole rings is 1. The number of rotatable bonds is 5. The van der Waals surface area contributed by atoms with Crippen molar-refractivity contribution in [1.29, 1.82) is 0 Å². The first-order chi connectivity index (χ1) is 10.7. The Kier molecular flexibility index (Phi) is 4.81. The lowest BCUT2D eigenvalue weighted by Crippen LogP contribution is -2.32. The van der Waals surface area contributed by atoms with Gasteiger partial charge in [-0.05, 0) is 52.0 Å². The zero-order chi connectivity index (χ0) is 15.5. The van der Waals surface area contributed by atoms with E-state index in [0.29, 0.717) is 12.5 Å². The van der Waals surface area contributed by atoms with Crippen molar-refractivity contribution in [3.8, 4) is 0 Å². The topological polar surface area (TPSA) is 52.2 Å². The molecule has 1 N–H and O–H groups in total. The lowest BCUT2D eigenvalue weighted by atomic mass is 10.0. The SMILES string of the molecule is CCN(C)C(=O)CCN1CCC[C@@H]1c1nc2c([nH]1)CCCC2. The average molecular weight is 304 g/mol. The molecule has 2 aliphatic rings. The highest BCUT2D eigenvalue weighted by Crippen LogP contribution is 2.32. The number of fused-ring (bicyclic) bond motifs is 1. The molecule has 5 nitrogen and oxygen atoms in total. The van der Waals surface area contributed by atoms with E-state index in [4.69, 9.17) is 4.98 Å². The molecule has 0 bridgehead atoms. The molecule has 1 amide bonds. The molecule has 0 unspecified atom stereocenters. The standard InChI is InChI=1S/C17H28N4O/c1-3-20(2)16(22)10-12-21-11-6-9-15(21)17-18-13-7-4-5-8-14(13)19-17/h15H,3-12H2,1-2H3,(H,18,19)/t15-/m1/s1. The lowest BCUT2D eigenvalue weighted by Gasteiger charge is -2.23. The van der Waals surface area contributed by atoms with E-state index in [1.807, 2.05) is 14.0 Å². The molecule has 0 spiro atoms. The zero-order valence-corrected chi connectivity index (χ0v) is 13.9. The number of nitrogens with one attached hydrogen (secondary N) is 1. The Morgan fingerprint density at radius 3 is 2.95 bits per heavy atom. The molecule has 1 aromatic rings. The van der Waals surface area contributed by atoms with Crippen LogP contribution in [0.4, 0.5) is 0 Å². The first-order valence-corrected chi connectivity index (χ1v) is 8.74. The van der Waals surface area contributed by atoms with Crippen LogP contribution in [0.15, 0.2) is 0 Å². The van der Waals surface area contributed by atoms with Crippen LogP contribution >= 0.6 is 0 Å². The number of carbonyl (C=O) groups is 1. The first kappa shape index (κ1) is 15.5. The van der Waals surface area contributed by atoms with Gasteiger partial charge >= 0.3 is 0 Å². The van der Waals surface area contributed by atoms with Crippen LogP contribution in [0, 0.1) is 0 Å². The predicted octanol–water partition coefficient (Wildman–Crippen LogP) is 2.29. The second kappa shape index (κ2) is 6.82. The lowest BCUT2D eigenvalue weighted by molar-refractivity contribution is -0.130. The highest BCUT2D eigenvalue weighted by Gasteiger charge is 2.30. The highest BCUT2D eigenvalue weighted by atomic mass is 16.2. The van der Waals surface area contributed by atoms with Crippen LogP contribution in [-0.4, -0.2) is 52.4 Å². The van der Waals surface area contributed by atoms with Crippen LogP contribution in [-0.2, 0) is 17.6 Å². The minimum absolute atomic E-state index is 0.242. The largest absolute Gasteiger partial charge is 0.346 e. The van der Waals surface area contributed by atoms with Gasteiger partial charge in [0.2, 0.25) is 5.91 Å². The number of nitrogens with zero attached hydrogens (tertiary/aromatic N) is 3. The summed E-state index contributed by atoms with van der Waals surface area (Å²) in [7, 11) is 1.88. The summed E-state index contributed by atoms with van der Waals surface area (Å²) >= 11 is 0. The number of H-pyrrole nitrogens is 1. The smallest absolute Gasteiger partial charge is 0.223 e. The average Bonchev–Trinajstić information content (AvgIpc) is 3.17. The van der Waals surface area contributed by atoms with Gasteiger partial charge in [0.25, 0.3) is 0 Å². The van der Waals surface area contributed by atoms with Gasteiger partial charge in [-0.2, -0.15) is 0 Å². The van der Waals surface area contributed by atoms with Gasteiger partial charge in [0.15, 0.2) is 0 Å². The monoisotopic (exact) mass is 304 g/mol. The second-order valence-electron chi connectivity index (χ2n) is 6.61. The summed E-state index contributed by atoms with van der Waals surface area (Å²) in [5, 5.41) is 0. The van der Waals surface area contributed by atoms with Crippen LogP contribution in [0.3, 0.4) is 0 Å². The van der Waals surface area contributed by atoms with E-state index in [1.54, 1.807) is 4.90 Å². The van der Waals surface area contributed by atoms with Crippen LogP contribution in [0.5, 0.6) is 0 Å². The molecule has 0 radical (unpaired) electrons. The van der Waals surface area contributed by atoms with Gasteiger partial charge in [0.1, 0.15) is 5.82 Å². The van der Waals surface area contributed by atoms with Crippen molar-refractivity contribution >= 4 is 5.91 Å². The first-order valence-electron chi connectivity index (χ1n) is 8.74. The van der Waals surface area contributed by atoms with Crippen LogP contribution in [0.25, 0.3) is 0 Å². The van der Waals surface area contributed by atoms with Gasteiger partial charge in [-0.1, -0.05) is 0 Å². The van der Waals surface area contributed by atoms with Crippen molar-refractivity contribution in [3.05, 3.63) is 17.2 Å². The molecule has 22 heavy (non-hydrogen) atoms. The summed E-state index contributed by atoms with van der Waals surface area (Å²) in [6.07, 6.45) is 7.79. The van der Waals surface area contributed by atoms with Crippen LogP contribution < -0.4 is 0 Å². The Morgan fingerprint density at radius 1 is 1.36 bits per heavy atom. The van der Waals surface area contributed by atoms with E-state index in [1.165, 1.54) is 30.7 Å². The minimum atomic E-state index is 0.242. The number of hydrogen-bond acceptors (Lipinski definition) is 3. The van der Waals surface area contributed by atoms with Gasteiger partial charge in [0.05, 0.1) is 11.7 Å². The van der Waals surface area contributed by atoms with Crippen LogP contribution in [0.1, 0.15) is 62.3 Å². The van der Waals surface area contributed by atoms with Crippen LogP contribution in [0.2, 0.25) is 0 Å². The molecule has 1 aliphatic heterocycles. The molecule has 1 aliphatic carbocycles. The molecular formula is C17H28N4O. The molecule has 122 valence electrons. The van der Waals surface area contributed by atoms with Gasteiger partial charge in [-0.3, -0.25) is 9.69 Å². The van der Waals surface area contributed by atoms with E-state index in [0.717, 1.165) is 44.7 Å². The molecule has 2 heterocycles. The molecule has 5 heteroatoms. The molecule has 0 saturated carbocycles. The van der Waals surface area contributed by atoms with Crippen molar-refractivity contribution in [2.75, 3.05) is 26.7 Å². The van der Waals surface area contributed by atoms with Crippen molar-refractivity contribution in [3.63, 3.8) is 0 Å². The quantitative estimate of drug-likeness (QED) is 0.908. The summed E-state index contributed by atoms with van der Waals surface area (Å²) < 4.78 is 0. The third-order valence-corrected chi connectivity index (χ3v) is 5.17. The Bertz CT molecular complexity index is 501. The van der Waals surface area contributed by atoms with Gasteiger partial charge in [-0.15, -0.1) is 0 Å². The maximum atomic E-state index is 12.0. The van der Waals surface area contributed by atoms with E-state index in [9.17, 15) is 4.79 Å². The molecule has 1 saturated heterocycles. The third kappa shape index (κ3) is 3.19. The number of hydrogen-bond donors (Lipinski definition) is 1. The zero-order valence-electron chi connectivity index (χ0n) is 13.9. The molecule has 0 aromatic carbocycles. The Morgan fingerprint density at radius 2 is 2.18 bits per heavy atom. The van der Waals surface area contributed by atoms with Gasteiger partial charge in [0, 0.05) is 32.3 Å². The second-order valence-corrected chi connectivity index (χ2v) is 6.61. The van der Waals surface area contributed by atoms with E-state index >= 15 is 0 Å². The summed E-state index contributed by atoms with van der Waals surface area (Å²) in [6.45, 7) is 4.73.